The summed E-state index contributed by atoms with van der Waals surface area (Å²) in [5, 5.41) is 7.77. The van der Waals surface area contributed by atoms with Crippen molar-refractivity contribution in [2.45, 2.75) is 13.8 Å². The maximum Gasteiger partial charge on any atom is 0.265 e. The number of amides is 2. The van der Waals surface area contributed by atoms with Gasteiger partial charge in [0.2, 0.25) is 5.91 Å². The van der Waals surface area contributed by atoms with E-state index in [1.807, 2.05) is 38.1 Å². The molecule has 148 valence electrons. The van der Waals surface area contributed by atoms with Gasteiger partial charge in [0.25, 0.3) is 5.91 Å². The van der Waals surface area contributed by atoms with Crippen molar-refractivity contribution >= 4 is 34.9 Å². The molecule has 0 saturated heterocycles. The predicted molar refractivity (Wildman–Crippen MR) is 111 cm³/mol. The number of halogens is 1. The van der Waals surface area contributed by atoms with Crippen LogP contribution in [0.25, 0.3) is 5.69 Å². The summed E-state index contributed by atoms with van der Waals surface area (Å²) in [6.07, 6.45) is 0. The summed E-state index contributed by atoms with van der Waals surface area (Å²) in [5.41, 5.74) is 3.21. The number of anilines is 2. The second kappa shape index (κ2) is 7.60. The Hall–Kier alpha value is -3.32. The van der Waals surface area contributed by atoms with Crippen LogP contribution in [0, 0.1) is 13.8 Å². The number of hydrogen-bond acceptors (Lipinski definition) is 4. The van der Waals surface area contributed by atoms with Gasteiger partial charge in [-0.15, -0.1) is 0 Å². The molecule has 1 aromatic heterocycles. The summed E-state index contributed by atoms with van der Waals surface area (Å²) in [5.74, 6) is 0.392. The lowest BCUT2D eigenvalue weighted by Crippen LogP contribution is -2.43. The Labute approximate surface area is 172 Å². The van der Waals surface area contributed by atoms with E-state index >= 15 is 0 Å². The topological polar surface area (TPSA) is 76.5 Å². The van der Waals surface area contributed by atoms with Gasteiger partial charge in [0.15, 0.2) is 6.61 Å². The quantitative estimate of drug-likeness (QED) is 0.714. The van der Waals surface area contributed by atoms with Crippen molar-refractivity contribution in [3.8, 4) is 11.4 Å². The first-order chi connectivity index (χ1) is 13.9. The van der Waals surface area contributed by atoms with Crippen LogP contribution >= 0.6 is 11.6 Å². The molecule has 1 aliphatic rings. The Bertz CT molecular complexity index is 1090. The summed E-state index contributed by atoms with van der Waals surface area (Å²) in [7, 11) is 0. The van der Waals surface area contributed by atoms with E-state index in [0.29, 0.717) is 22.3 Å². The molecular formula is C21H19ClN4O3. The van der Waals surface area contributed by atoms with Crippen LogP contribution in [0.2, 0.25) is 5.02 Å². The molecule has 1 N–H and O–H groups in total. The molecule has 0 aliphatic carbocycles. The Morgan fingerprint density at radius 3 is 2.69 bits per heavy atom. The third kappa shape index (κ3) is 3.95. The van der Waals surface area contributed by atoms with Crippen LogP contribution in [0.1, 0.15) is 11.3 Å². The summed E-state index contributed by atoms with van der Waals surface area (Å²) in [6.45, 7) is 3.57. The highest BCUT2D eigenvalue weighted by molar-refractivity contribution is 6.31. The molecule has 0 saturated carbocycles. The molecule has 1 aliphatic heterocycles. The Balaban J connectivity index is 1.56. The largest absolute Gasteiger partial charge is 0.482 e. The highest BCUT2D eigenvalue weighted by atomic mass is 35.5. The summed E-state index contributed by atoms with van der Waals surface area (Å²) < 4.78 is 7.08. The highest BCUT2D eigenvalue weighted by Gasteiger charge is 2.28. The number of rotatable bonds is 4. The van der Waals surface area contributed by atoms with Gasteiger partial charge in [-0.1, -0.05) is 29.3 Å². The predicted octanol–water partition coefficient (Wildman–Crippen LogP) is 3.51. The van der Waals surface area contributed by atoms with Crippen molar-refractivity contribution in [3.05, 3.63) is 64.8 Å². The van der Waals surface area contributed by atoms with E-state index in [1.165, 1.54) is 4.90 Å². The molecule has 7 nitrogen and oxygen atoms in total. The van der Waals surface area contributed by atoms with Gasteiger partial charge in [-0.2, -0.15) is 5.10 Å². The number of nitrogens with zero attached hydrogens (tertiary/aromatic N) is 3. The van der Waals surface area contributed by atoms with Crippen LogP contribution in [0.4, 0.5) is 11.5 Å². The summed E-state index contributed by atoms with van der Waals surface area (Å²) in [4.78, 5) is 26.5. The maximum atomic E-state index is 12.7. The molecule has 2 amide bonds. The lowest BCUT2D eigenvalue weighted by Gasteiger charge is -2.29. The van der Waals surface area contributed by atoms with E-state index in [-0.39, 0.29) is 25.0 Å². The molecule has 0 fully saturated rings. The Morgan fingerprint density at radius 2 is 1.93 bits per heavy atom. The third-order valence-electron chi connectivity index (χ3n) is 4.54. The van der Waals surface area contributed by atoms with Crippen LogP contribution in [-0.4, -0.2) is 34.7 Å². The summed E-state index contributed by atoms with van der Waals surface area (Å²) in [6, 6.07) is 14.6. The monoisotopic (exact) mass is 410 g/mol. The molecule has 29 heavy (non-hydrogen) atoms. The minimum absolute atomic E-state index is 0.123. The number of hydrogen-bond donors (Lipinski definition) is 1. The number of fused-ring (bicyclic) bond motifs is 1. The molecule has 0 bridgehead atoms. The summed E-state index contributed by atoms with van der Waals surface area (Å²) >= 11 is 6.05. The smallest absolute Gasteiger partial charge is 0.265 e. The van der Waals surface area contributed by atoms with Gasteiger partial charge in [-0.25, -0.2) is 4.68 Å². The fourth-order valence-corrected chi connectivity index (χ4v) is 3.31. The number of carbonyl (C=O) groups excluding carboxylic acids is 2. The second-order valence-electron chi connectivity index (χ2n) is 6.85. The lowest BCUT2D eigenvalue weighted by atomic mass is 10.2. The Kier molecular flexibility index (Phi) is 4.98. The molecule has 0 atom stereocenters. The highest BCUT2D eigenvalue weighted by Crippen LogP contribution is 2.34. The molecular weight excluding hydrogens is 392 g/mol. The van der Waals surface area contributed by atoms with E-state index in [2.05, 4.69) is 10.4 Å². The van der Waals surface area contributed by atoms with Gasteiger partial charge >= 0.3 is 0 Å². The van der Waals surface area contributed by atoms with Crippen LogP contribution in [0.5, 0.6) is 5.75 Å². The minimum Gasteiger partial charge on any atom is -0.482 e. The standard InChI is InChI=1S/C21H19ClN4O3/c1-13-3-6-16(7-4-13)26-19(9-14(2)24-26)23-20(27)11-25-17-10-15(22)5-8-18(17)29-12-21(25)28/h3-10H,11-12H2,1-2H3,(H,23,27). The average Bonchev–Trinajstić information content (AvgIpc) is 3.05. The molecule has 3 aromatic rings. The van der Waals surface area contributed by atoms with Crippen molar-refractivity contribution in [2.75, 3.05) is 23.4 Å². The number of benzene rings is 2. The minimum atomic E-state index is -0.348. The first kappa shape index (κ1) is 19.0. The lowest BCUT2D eigenvalue weighted by molar-refractivity contribution is -0.123. The van der Waals surface area contributed by atoms with Gasteiger partial charge in [-0.3, -0.25) is 14.5 Å². The van der Waals surface area contributed by atoms with Gasteiger partial charge in [-0.05, 0) is 44.2 Å². The van der Waals surface area contributed by atoms with Crippen LogP contribution in [0.15, 0.2) is 48.5 Å². The van der Waals surface area contributed by atoms with E-state index < -0.39 is 0 Å². The molecule has 4 rings (SSSR count). The van der Waals surface area contributed by atoms with Crippen molar-refractivity contribution in [3.63, 3.8) is 0 Å². The van der Waals surface area contributed by atoms with E-state index in [1.54, 1.807) is 28.9 Å². The van der Waals surface area contributed by atoms with Gasteiger partial charge < -0.3 is 10.1 Å². The van der Waals surface area contributed by atoms with E-state index in [4.69, 9.17) is 16.3 Å². The number of ether oxygens (including phenoxy) is 1. The molecule has 0 unspecified atom stereocenters. The zero-order valence-electron chi connectivity index (χ0n) is 16.0. The molecule has 2 heterocycles. The van der Waals surface area contributed by atoms with Crippen LogP contribution in [0.3, 0.4) is 0 Å². The SMILES string of the molecule is Cc1ccc(-n2nc(C)cc2NC(=O)CN2C(=O)COc3ccc(Cl)cc32)cc1. The fourth-order valence-electron chi connectivity index (χ4n) is 3.15. The number of aryl methyl sites for hydroxylation is 2. The number of aromatic nitrogens is 2. The van der Waals surface area contributed by atoms with Gasteiger partial charge in [0.1, 0.15) is 18.1 Å². The van der Waals surface area contributed by atoms with E-state index in [0.717, 1.165) is 16.9 Å². The normalized spacial score (nSPS) is 13.1. The Morgan fingerprint density at radius 1 is 1.17 bits per heavy atom. The van der Waals surface area contributed by atoms with Crippen molar-refractivity contribution in [1.29, 1.82) is 0 Å². The first-order valence-electron chi connectivity index (χ1n) is 9.07. The maximum absolute atomic E-state index is 12.7. The second-order valence-corrected chi connectivity index (χ2v) is 7.28. The van der Waals surface area contributed by atoms with Crippen molar-refractivity contribution in [1.82, 2.24) is 9.78 Å². The van der Waals surface area contributed by atoms with E-state index in [9.17, 15) is 9.59 Å². The zero-order valence-corrected chi connectivity index (χ0v) is 16.7. The third-order valence-corrected chi connectivity index (χ3v) is 4.78. The van der Waals surface area contributed by atoms with Gasteiger partial charge in [0, 0.05) is 11.1 Å². The number of carbonyl (C=O) groups is 2. The molecule has 8 heteroatoms. The fraction of sp³-hybridized carbons (Fsp3) is 0.190. The number of nitrogens with one attached hydrogen (secondary N) is 1. The van der Waals surface area contributed by atoms with Crippen molar-refractivity contribution < 1.29 is 14.3 Å². The molecule has 2 aromatic carbocycles. The molecule has 0 radical (unpaired) electrons. The molecule has 0 spiro atoms. The van der Waals surface area contributed by atoms with Crippen molar-refractivity contribution in [2.24, 2.45) is 0 Å². The zero-order chi connectivity index (χ0) is 20.5. The van der Waals surface area contributed by atoms with Crippen LogP contribution in [-0.2, 0) is 9.59 Å². The van der Waals surface area contributed by atoms with Gasteiger partial charge in [0.05, 0.1) is 17.1 Å². The average molecular weight is 411 g/mol. The van der Waals surface area contributed by atoms with Crippen LogP contribution < -0.4 is 15.0 Å². The first-order valence-corrected chi connectivity index (χ1v) is 9.45.